The number of carbonyl (C=O) groups excluding carboxylic acids is 1. The fourth-order valence-corrected chi connectivity index (χ4v) is 1.54. The second-order valence-corrected chi connectivity index (χ2v) is 3.47. The van der Waals surface area contributed by atoms with E-state index < -0.39 is 4.92 Å². The molecule has 1 heterocycles. The van der Waals surface area contributed by atoms with Crippen molar-refractivity contribution >= 4 is 12.0 Å². The molecule has 17 heavy (non-hydrogen) atoms. The van der Waals surface area contributed by atoms with Crippen LogP contribution in [0.1, 0.15) is 16.1 Å². The second kappa shape index (κ2) is 4.56. The Hall–Kier alpha value is -2.50. The predicted octanol–water partition coefficient (Wildman–Crippen LogP) is 1.65. The SMILES string of the molecule is O=Cc1cn(Cc2ccccc2[N+](=O)[O-])cn1. The fraction of sp³-hybridized carbons (Fsp3) is 0.0909. The summed E-state index contributed by atoms with van der Waals surface area (Å²) in [6.07, 6.45) is 3.65. The molecular formula is C11H9N3O3. The number of imidazole rings is 1. The molecule has 0 saturated carbocycles. The van der Waals surface area contributed by atoms with Crippen LogP contribution in [-0.2, 0) is 6.54 Å². The van der Waals surface area contributed by atoms with Gasteiger partial charge in [0, 0.05) is 17.8 Å². The maximum absolute atomic E-state index is 10.8. The van der Waals surface area contributed by atoms with E-state index in [1.807, 2.05) is 0 Å². The van der Waals surface area contributed by atoms with E-state index in [4.69, 9.17) is 0 Å². The Morgan fingerprint density at radius 3 is 2.82 bits per heavy atom. The summed E-state index contributed by atoms with van der Waals surface area (Å²) < 4.78 is 1.63. The van der Waals surface area contributed by atoms with Crippen molar-refractivity contribution in [2.24, 2.45) is 0 Å². The third-order valence-corrected chi connectivity index (χ3v) is 2.32. The largest absolute Gasteiger partial charge is 0.332 e. The summed E-state index contributed by atoms with van der Waals surface area (Å²) in [7, 11) is 0. The number of benzene rings is 1. The van der Waals surface area contributed by atoms with Gasteiger partial charge in [0.25, 0.3) is 5.69 Å². The number of carbonyl (C=O) groups is 1. The molecular weight excluding hydrogens is 222 g/mol. The molecule has 0 bridgehead atoms. The number of hydrogen-bond donors (Lipinski definition) is 0. The Bertz CT molecular complexity index is 563. The highest BCUT2D eigenvalue weighted by Gasteiger charge is 2.12. The van der Waals surface area contributed by atoms with Gasteiger partial charge in [-0.15, -0.1) is 0 Å². The molecule has 0 saturated heterocycles. The molecule has 86 valence electrons. The maximum Gasteiger partial charge on any atom is 0.274 e. The third-order valence-electron chi connectivity index (χ3n) is 2.32. The van der Waals surface area contributed by atoms with Crippen LogP contribution in [0.4, 0.5) is 5.69 Å². The van der Waals surface area contributed by atoms with Gasteiger partial charge in [-0.1, -0.05) is 18.2 Å². The number of nitro benzene ring substituents is 1. The molecule has 0 aliphatic rings. The van der Waals surface area contributed by atoms with Gasteiger partial charge in [-0.2, -0.15) is 0 Å². The van der Waals surface area contributed by atoms with Crippen LogP contribution in [0, 0.1) is 10.1 Å². The Morgan fingerprint density at radius 2 is 2.18 bits per heavy atom. The molecule has 0 aliphatic heterocycles. The van der Waals surface area contributed by atoms with Crippen molar-refractivity contribution in [2.75, 3.05) is 0 Å². The van der Waals surface area contributed by atoms with Gasteiger partial charge >= 0.3 is 0 Å². The van der Waals surface area contributed by atoms with E-state index in [9.17, 15) is 14.9 Å². The highest BCUT2D eigenvalue weighted by molar-refractivity contribution is 5.70. The lowest BCUT2D eigenvalue weighted by molar-refractivity contribution is -0.385. The Balaban J connectivity index is 2.29. The first-order chi connectivity index (χ1) is 8.20. The lowest BCUT2D eigenvalue weighted by atomic mass is 10.2. The van der Waals surface area contributed by atoms with Crippen molar-refractivity contribution in [3.05, 3.63) is 58.2 Å². The van der Waals surface area contributed by atoms with E-state index in [-0.39, 0.29) is 5.69 Å². The van der Waals surface area contributed by atoms with Gasteiger partial charge in [0.15, 0.2) is 6.29 Å². The average molecular weight is 231 g/mol. The van der Waals surface area contributed by atoms with Crippen LogP contribution >= 0.6 is 0 Å². The molecule has 1 aromatic heterocycles. The highest BCUT2D eigenvalue weighted by atomic mass is 16.6. The van der Waals surface area contributed by atoms with Crippen molar-refractivity contribution in [2.45, 2.75) is 6.54 Å². The van der Waals surface area contributed by atoms with Crippen LogP contribution in [0.3, 0.4) is 0 Å². The van der Waals surface area contributed by atoms with Crippen molar-refractivity contribution < 1.29 is 9.72 Å². The molecule has 2 rings (SSSR count). The molecule has 6 nitrogen and oxygen atoms in total. The number of nitrogens with zero attached hydrogens (tertiary/aromatic N) is 3. The summed E-state index contributed by atoms with van der Waals surface area (Å²) in [5.74, 6) is 0. The van der Waals surface area contributed by atoms with Crippen LogP contribution in [0.2, 0.25) is 0 Å². The Kier molecular flexibility index (Phi) is 2.95. The molecule has 0 radical (unpaired) electrons. The number of rotatable bonds is 4. The van der Waals surface area contributed by atoms with Crippen LogP contribution < -0.4 is 0 Å². The Labute approximate surface area is 96.7 Å². The smallest absolute Gasteiger partial charge is 0.274 e. The summed E-state index contributed by atoms with van der Waals surface area (Å²) in [4.78, 5) is 24.7. The summed E-state index contributed by atoms with van der Waals surface area (Å²) >= 11 is 0. The molecule has 0 atom stereocenters. The van der Waals surface area contributed by atoms with Crippen LogP contribution in [-0.4, -0.2) is 20.8 Å². The molecule has 0 fully saturated rings. The molecule has 2 aromatic rings. The molecule has 0 spiro atoms. The molecule has 0 N–H and O–H groups in total. The van der Waals surface area contributed by atoms with Crippen molar-refractivity contribution in [1.82, 2.24) is 9.55 Å². The van der Waals surface area contributed by atoms with E-state index >= 15 is 0 Å². The normalized spacial score (nSPS) is 10.1. The lowest BCUT2D eigenvalue weighted by Crippen LogP contribution is -2.01. The molecule has 0 aliphatic carbocycles. The van der Waals surface area contributed by atoms with E-state index in [1.165, 1.54) is 12.4 Å². The van der Waals surface area contributed by atoms with Gasteiger partial charge in [0.1, 0.15) is 5.69 Å². The summed E-state index contributed by atoms with van der Waals surface area (Å²) in [5.41, 5.74) is 0.949. The minimum Gasteiger partial charge on any atom is -0.332 e. The summed E-state index contributed by atoms with van der Waals surface area (Å²) in [6.45, 7) is 0.317. The monoisotopic (exact) mass is 231 g/mol. The van der Waals surface area contributed by atoms with Crippen LogP contribution in [0.25, 0.3) is 0 Å². The third kappa shape index (κ3) is 2.36. The highest BCUT2D eigenvalue weighted by Crippen LogP contribution is 2.18. The minimum absolute atomic E-state index is 0.0638. The van der Waals surface area contributed by atoms with E-state index in [0.717, 1.165) is 0 Å². The first-order valence-electron chi connectivity index (χ1n) is 4.90. The predicted molar refractivity (Wildman–Crippen MR) is 59.8 cm³/mol. The van der Waals surface area contributed by atoms with Crippen LogP contribution in [0.5, 0.6) is 0 Å². The standard InChI is InChI=1S/C11H9N3O3/c15-7-10-6-13(8-12-10)5-9-3-1-2-4-11(9)14(16)17/h1-4,6-8H,5H2. The topological polar surface area (TPSA) is 78.0 Å². The molecule has 0 unspecified atom stereocenters. The summed E-state index contributed by atoms with van der Waals surface area (Å²) in [6, 6.07) is 6.48. The first kappa shape index (κ1) is 11.0. The maximum atomic E-state index is 10.8. The van der Waals surface area contributed by atoms with Crippen molar-refractivity contribution in [1.29, 1.82) is 0 Å². The van der Waals surface area contributed by atoms with Gasteiger partial charge in [-0.05, 0) is 0 Å². The Morgan fingerprint density at radius 1 is 1.41 bits per heavy atom. The van der Waals surface area contributed by atoms with Crippen molar-refractivity contribution in [3.8, 4) is 0 Å². The number of hydrogen-bond acceptors (Lipinski definition) is 4. The minimum atomic E-state index is -0.424. The number of aldehydes is 1. The van der Waals surface area contributed by atoms with Gasteiger partial charge in [0.2, 0.25) is 0 Å². The van der Waals surface area contributed by atoms with Gasteiger partial charge in [-0.25, -0.2) is 4.98 Å². The zero-order chi connectivity index (χ0) is 12.3. The number of para-hydroxylation sites is 1. The van der Waals surface area contributed by atoms with E-state index in [0.29, 0.717) is 24.1 Å². The molecule has 6 heteroatoms. The quantitative estimate of drug-likeness (QED) is 0.455. The van der Waals surface area contributed by atoms with E-state index in [1.54, 1.807) is 29.0 Å². The van der Waals surface area contributed by atoms with Crippen LogP contribution in [0.15, 0.2) is 36.8 Å². The zero-order valence-electron chi connectivity index (χ0n) is 8.81. The van der Waals surface area contributed by atoms with Gasteiger partial charge in [-0.3, -0.25) is 14.9 Å². The fourth-order valence-electron chi connectivity index (χ4n) is 1.54. The van der Waals surface area contributed by atoms with E-state index in [2.05, 4.69) is 4.98 Å². The first-order valence-corrected chi connectivity index (χ1v) is 4.90. The average Bonchev–Trinajstić information content (AvgIpc) is 2.77. The number of aromatic nitrogens is 2. The second-order valence-electron chi connectivity index (χ2n) is 3.47. The molecule has 0 amide bonds. The lowest BCUT2D eigenvalue weighted by Gasteiger charge is -2.02. The van der Waals surface area contributed by atoms with Gasteiger partial charge < -0.3 is 4.57 Å². The van der Waals surface area contributed by atoms with Gasteiger partial charge in [0.05, 0.1) is 17.8 Å². The number of nitro groups is 1. The summed E-state index contributed by atoms with van der Waals surface area (Å²) in [5, 5.41) is 10.8. The molecule has 1 aromatic carbocycles. The zero-order valence-corrected chi connectivity index (χ0v) is 8.81. The van der Waals surface area contributed by atoms with Crippen molar-refractivity contribution in [3.63, 3.8) is 0 Å².